The van der Waals surface area contributed by atoms with Crippen molar-refractivity contribution in [3.63, 3.8) is 0 Å². The van der Waals surface area contributed by atoms with E-state index in [4.69, 9.17) is 0 Å². The number of nitrogens with zero attached hydrogens (tertiary/aromatic N) is 3. The van der Waals surface area contributed by atoms with Gasteiger partial charge >= 0.3 is 6.03 Å². The molecule has 1 saturated heterocycles. The molecule has 0 atom stereocenters. The summed E-state index contributed by atoms with van der Waals surface area (Å²) in [6, 6.07) is 18.8. The van der Waals surface area contributed by atoms with Crippen LogP contribution in [-0.4, -0.2) is 55.1 Å². The van der Waals surface area contributed by atoms with E-state index in [1.165, 1.54) is 11.1 Å². The number of amides is 2. The molecule has 0 N–H and O–H groups in total. The van der Waals surface area contributed by atoms with Crippen molar-refractivity contribution in [1.82, 2.24) is 9.80 Å². The van der Waals surface area contributed by atoms with Gasteiger partial charge in [-0.15, -0.1) is 0 Å². The molecule has 134 valence electrons. The molecular weight excluding hydrogens is 322 g/mol. The lowest BCUT2D eigenvalue weighted by Gasteiger charge is -2.36. The van der Waals surface area contributed by atoms with E-state index in [1.807, 2.05) is 21.9 Å². The van der Waals surface area contributed by atoms with E-state index in [9.17, 15) is 4.79 Å². The summed E-state index contributed by atoms with van der Waals surface area (Å²) in [7, 11) is 0. The van der Waals surface area contributed by atoms with Crippen molar-refractivity contribution in [2.45, 2.75) is 6.42 Å². The lowest BCUT2D eigenvalue weighted by molar-refractivity contribution is 0.151. The van der Waals surface area contributed by atoms with Crippen molar-refractivity contribution in [1.29, 1.82) is 0 Å². The first-order chi connectivity index (χ1) is 12.8. The van der Waals surface area contributed by atoms with Crippen LogP contribution in [0.15, 0.2) is 60.7 Å². The van der Waals surface area contributed by atoms with Gasteiger partial charge in [-0.2, -0.15) is 0 Å². The molecule has 4 nitrogen and oxygen atoms in total. The SMILES string of the molecule is O=C(N1CCN(C/C=C/c2ccccc2)CC1)N1CCc2ccccc21. The third kappa shape index (κ3) is 3.65. The minimum atomic E-state index is 0.162. The predicted molar refractivity (Wildman–Crippen MR) is 106 cm³/mol. The number of piperazine rings is 1. The molecule has 4 heteroatoms. The Hall–Kier alpha value is -2.59. The predicted octanol–water partition coefficient (Wildman–Crippen LogP) is 3.50. The van der Waals surface area contributed by atoms with Gasteiger partial charge in [0.1, 0.15) is 0 Å². The number of hydrogen-bond donors (Lipinski definition) is 0. The fourth-order valence-corrected chi connectivity index (χ4v) is 3.73. The highest BCUT2D eigenvalue weighted by Crippen LogP contribution is 2.28. The van der Waals surface area contributed by atoms with Crippen LogP contribution in [0.25, 0.3) is 6.08 Å². The topological polar surface area (TPSA) is 26.8 Å². The van der Waals surface area contributed by atoms with Gasteiger partial charge in [0, 0.05) is 45.0 Å². The summed E-state index contributed by atoms with van der Waals surface area (Å²) in [4.78, 5) is 19.2. The minimum Gasteiger partial charge on any atom is -0.322 e. The number of hydrogen-bond acceptors (Lipinski definition) is 2. The molecular formula is C22H25N3O. The van der Waals surface area contributed by atoms with E-state index >= 15 is 0 Å². The molecule has 2 aliphatic heterocycles. The zero-order valence-corrected chi connectivity index (χ0v) is 15.1. The molecule has 0 spiro atoms. The first-order valence-electron chi connectivity index (χ1n) is 9.39. The smallest absolute Gasteiger partial charge is 0.322 e. The first-order valence-corrected chi connectivity index (χ1v) is 9.39. The van der Waals surface area contributed by atoms with Gasteiger partial charge in [-0.05, 0) is 23.6 Å². The van der Waals surface area contributed by atoms with Crippen molar-refractivity contribution in [2.75, 3.05) is 44.2 Å². The van der Waals surface area contributed by atoms with Crippen molar-refractivity contribution < 1.29 is 4.79 Å². The fraction of sp³-hybridized carbons (Fsp3) is 0.318. The fourth-order valence-electron chi connectivity index (χ4n) is 3.73. The minimum absolute atomic E-state index is 0.162. The van der Waals surface area contributed by atoms with Gasteiger partial charge in [-0.3, -0.25) is 9.80 Å². The van der Waals surface area contributed by atoms with Crippen LogP contribution < -0.4 is 4.90 Å². The molecule has 0 unspecified atom stereocenters. The summed E-state index contributed by atoms with van der Waals surface area (Å²) >= 11 is 0. The third-order valence-corrected chi connectivity index (χ3v) is 5.23. The zero-order valence-electron chi connectivity index (χ0n) is 15.1. The highest BCUT2D eigenvalue weighted by atomic mass is 16.2. The van der Waals surface area contributed by atoms with Crippen molar-refractivity contribution in [2.24, 2.45) is 0 Å². The van der Waals surface area contributed by atoms with Crippen LogP contribution in [0.1, 0.15) is 11.1 Å². The molecule has 26 heavy (non-hydrogen) atoms. The standard InChI is InChI=1S/C22H25N3O/c26-22(25-14-12-20-10-4-5-11-21(20)25)24-17-15-23(16-18-24)13-6-9-19-7-2-1-3-8-19/h1-11H,12-18H2/b9-6+. The highest BCUT2D eigenvalue weighted by molar-refractivity contribution is 5.94. The van der Waals surface area contributed by atoms with Crippen LogP contribution in [0.4, 0.5) is 10.5 Å². The average molecular weight is 347 g/mol. The number of anilines is 1. The number of urea groups is 1. The molecule has 0 aliphatic carbocycles. The monoisotopic (exact) mass is 347 g/mol. The Balaban J connectivity index is 1.29. The van der Waals surface area contributed by atoms with Gasteiger partial charge in [0.05, 0.1) is 0 Å². The molecule has 2 aliphatic rings. The molecule has 2 aromatic carbocycles. The summed E-state index contributed by atoms with van der Waals surface area (Å²) in [6.07, 6.45) is 5.34. The van der Waals surface area contributed by atoms with E-state index in [0.717, 1.165) is 51.4 Å². The molecule has 0 radical (unpaired) electrons. The Bertz CT molecular complexity index is 779. The summed E-state index contributed by atoms with van der Waals surface area (Å²) < 4.78 is 0. The maximum absolute atomic E-state index is 12.9. The largest absolute Gasteiger partial charge is 0.324 e. The lowest BCUT2D eigenvalue weighted by Crippen LogP contribution is -2.52. The van der Waals surface area contributed by atoms with E-state index in [0.29, 0.717) is 0 Å². The van der Waals surface area contributed by atoms with Gasteiger partial charge in [-0.25, -0.2) is 4.79 Å². The summed E-state index contributed by atoms with van der Waals surface area (Å²) in [5.41, 5.74) is 3.60. The van der Waals surface area contributed by atoms with Crippen LogP contribution in [0.5, 0.6) is 0 Å². The van der Waals surface area contributed by atoms with Gasteiger partial charge in [0.25, 0.3) is 0 Å². The third-order valence-electron chi connectivity index (χ3n) is 5.23. The molecule has 0 saturated carbocycles. The van der Waals surface area contributed by atoms with Gasteiger partial charge in [0.15, 0.2) is 0 Å². The van der Waals surface area contributed by atoms with Gasteiger partial charge < -0.3 is 4.90 Å². The number of para-hydroxylation sites is 1. The van der Waals surface area contributed by atoms with E-state index in [2.05, 4.69) is 59.5 Å². The average Bonchev–Trinajstić information content (AvgIpc) is 3.13. The number of rotatable bonds is 3. The van der Waals surface area contributed by atoms with Crippen LogP contribution in [0, 0.1) is 0 Å². The maximum atomic E-state index is 12.9. The van der Waals surface area contributed by atoms with Gasteiger partial charge in [0.2, 0.25) is 0 Å². The normalized spacial score (nSPS) is 17.7. The molecule has 0 aromatic heterocycles. The molecule has 0 bridgehead atoms. The Morgan fingerprint density at radius 3 is 2.42 bits per heavy atom. The molecule has 2 amide bonds. The van der Waals surface area contributed by atoms with Crippen molar-refractivity contribution in [3.8, 4) is 0 Å². The van der Waals surface area contributed by atoms with E-state index < -0.39 is 0 Å². The highest BCUT2D eigenvalue weighted by Gasteiger charge is 2.29. The Morgan fingerprint density at radius 2 is 1.62 bits per heavy atom. The second-order valence-electron chi connectivity index (χ2n) is 6.91. The molecule has 4 rings (SSSR count). The van der Waals surface area contributed by atoms with Crippen molar-refractivity contribution >= 4 is 17.8 Å². The van der Waals surface area contributed by atoms with Crippen LogP contribution in [-0.2, 0) is 6.42 Å². The van der Waals surface area contributed by atoms with Crippen molar-refractivity contribution in [3.05, 3.63) is 71.8 Å². The molecule has 2 aromatic rings. The van der Waals surface area contributed by atoms with Crippen LogP contribution in [0.3, 0.4) is 0 Å². The summed E-state index contributed by atoms with van der Waals surface area (Å²) in [6.45, 7) is 5.20. The second kappa shape index (κ2) is 7.75. The first kappa shape index (κ1) is 16.9. The number of carbonyl (C=O) groups is 1. The lowest BCUT2D eigenvalue weighted by atomic mass is 10.2. The Morgan fingerprint density at radius 1 is 0.885 bits per heavy atom. The number of benzene rings is 2. The quantitative estimate of drug-likeness (QED) is 0.850. The Kier molecular flexibility index (Phi) is 5.02. The number of fused-ring (bicyclic) bond motifs is 1. The number of carbonyl (C=O) groups excluding carboxylic acids is 1. The van der Waals surface area contributed by atoms with E-state index in [-0.39, 0.29) is 6.03 Å². The Labute approximate surface area is 155 Å². The molecule has 2 heterocycles. The van der Waals surface area contributed by atoms with E-state index in [1.54, 1.807) is 0 Å². The second-order valence-corrected chi connectivity index (χ2v) is 6.91. The summed E-state index contributed by atoms with van der Waals surface area (Å²) in [5.74, 6) is 0. The zero-order chi connectivity index (χ0) is 17.8. The maximum Gasteiger partial charge on any atom is 0.324 e. The van der Waals surface area contributed by atoms with Gasteiger partial charge in [-0.1, -0.05) is 60.7 Å². The molecule has 1 fully saturated rings. The van der Waals surface area contributed by atoms with Crippen LogP contribution >= 0.6 is 0 Å². The summed E-state index contributed by atoms with van der Waals surface area (Å²) in [5, 5.41) is 0. The van der Waals surface area contributed by atoms with Crippen LogP contribution in [0.2, 0.25) is 0 Å².